The third-order valence-electron chi connectivity index (χ3n) is 9.22. The van der Waals surface area contributed by atoms with Gasteiger partial charge in [0, 0.05) is 27.3 Å². The van der Waals surface area contributed by atoms with E-state index in [0.717, 1.165) is 22.2 Å². The van der Waals surface area contributed by atoms with Gasteiger partial charge in [0.2, 0.25) is 5.95 Å². The predicted molar refractivity (Wildman–Crippen MR) is 180 cm³/mol. The highest BCUT2D eigenvalue weighted by Gasteiger charge is 2.36. The van der Waals surface area contributed by atoms with E-state index in [9.17, 15) is 0 Å². The summed E-state index contributed by atoms with van der Waals surface area (Å²) in [7, 11) is 0. The fourth-order valence-corrected chi connectivity index (χ4v) is 7.20. The van der Waals surface area contributed by atoms with Gasteiger partial charge in [-0.15, -0.1) is 0 Å². The predicted octanol–water partition coefficient (Wildman–Crippen LogP) is 9.76. The molecule has 0 saturated carbocycles. The summed E-state index contributed by atoms with van der Waals surface area (Å²) in [5.74, 6) is 1.91. The first-order chi connectivity index (χ1) is 21.6. The smallest absolute Gasteiger partial charge is 0.238 e. The zero-order valence-electron chi connectivity index (χ0n) is 24.5. The van der Waals surface area contributed by atoms with Crippen molar-refractivity contribution in [2.45, 2.75) is 19.3 Å². The fourth-order valence-electron chi connectivity index (χ4n) is 7.20. The molecule has 0 saturated heterocycles. The molecule has 0 radical (unpaired) electrons. The molecule has 6 aromatic carbocycles. The number of rotatable bonds is 3. The average Bonchev–Trinajstić information content (AvgIpc) is 3.52. The van der Waals surface area contributed by atoms with Crippen molar-refractivity contribution in [2.24, 2.45) is 0 Å². The Balaban J connectivity index is 1.38. The average molecular weight is 565 g/mol. The zero-order valence-corrected chi connectivity index (χ0v) is 24.5. The first kappa shape index (κ1) is 24.9. The maximum absolute atomic E-state index is 5.13. The van der Waals surface area contributed by atoms with Crippen molar-refractivity contribution in [3.8, 4) is 39.9 Å². The summed E-state index contributed by atoms with van der Waals surface area (Å²) in [6.45, 7) is 4.70. The van der Waals surface area contributed by atoms with Gasteiger partial charge in [-0.2, -0.15) is 9.97 Å². The summed E-state index contributed by atoms with van der Waals surface area (Å²) in [4.78, 5) is 15.2. The number of aromatic nitrogens is 4. The molecule has 8 aromatic rings. The minimum absolute atomic E-state index is 0.121. The van der Waals surface area contributed by atoms with Crippen LogP contribution in [0.15, 0.2) is 133 Å². The number of hydrogen-bond donors (Lipinski definition) is 0. The van der Waals surface area contributed by atoms with Crippen molar-refractivity contribution in [3.63, 3.8) is 0 Å². The minimum atomic E-state index is -0.121. The van der Waals surface area contributed by atoms with Gasteiger partial charge in [0.15, 0.2) is 11.6 Å². The molecular formula is C40H28N4. The van der Waals surface area contributed by atoms with Gasteiger partial charge in [-0.05, 0) is 51.2 Å². The van der Waals surface area contributed by atoms with Crippen LogP contribution in [-0.2, 0) is 5.41 Å². The lowest BCUT2D eigenvalue weighted by atomic mass is 9.80. The number of benzene rings is 6. The molecule has 9 rings (SSSR count). The highest BCUT2D eigenvalue weighted by molar-refractivity contribution is 6.15. The Morgan fingerprint density at radius 2 is 1.14 bits per heavy atom. The van der Waals surface area contributed by atoms with E-state index in [4.69, 9.17) is 15.0 Å². The van der Waals surface area contributed by atoms with Gasteiger partial charge < -0.3 is 0 Å². The Morgan fingerprint density at radius 3 is 1.86 bits per heavy atom. The maximum atomic E-state index is 5.13. The van der Waals surface area contributed by atoms with E-state index < -0.39 is 0 Å². The van der Waals surface area contributed by atoms with E-state index in [1.54, 1.807) is 0 Å². The van der Waals surface area contributed by atoms with Gasteiger partial charge in [-0.3, -0.25) is 4.57 Å². The van der Waals surface area contributed by atoms with Crippen LogP contribution in [-0.4, -0.2) is 19.5 Å². The SMILES string of the molecule is CC1(C)c2ccccc2-c2ccc3cc4c5ccccc5n(-c5nc(-c6ccccc6)nc(-c6ccccc6)n5)c4cc3c21. The van der Waals surface area contributed by atoms with Crippen molar-refractivity contribution in [1.82, 2.24) is 19.5 Å². The molecule has 1 aliphatic rings. The second kappa shape index (κ2) is 9.19. The van der Waals surface area contributed by atoms with Gasteiger partial charge in [0.05, 0.1) is 11.0 Å². The van der Waals surface area contributed by atoms with Gasteiger partial charge in [-0.25, -0.2) is 4.98 Å². The molecule has 2 aromatic heterocycles. The summed E-state index contributed by atoms with van der Waals surface area (Å²) >= 11 is 0. The molecule has 1 aliphatic carbocycles. The van der Waals surface area contributed by atoms with Crippen molar-refractivity contribution in [1.29, 1.82) is 0 Å². The van der Waals surface area contributed by atoms with Crippen molar-refractivity contribution >= 4 is 32.6 Å². The Labute approximate surface area is 255 Å². The lowest BCUT2D eigenvalue weighted by Gasteiger charge is -2.23. The Bertz CT molecular complexity index is 2350. The number of hydrogen-bond acceptors (Lipinski definition) is 3. The third-order valence-corrected chi connectivity index (χ3v) is 9.22. The maximum Gasteiger partial charge on any atom is 0.238 e. The van der Waals surface area contributed by atoms with Crippen LogP contribution in [0.3, 0.4) is 0 Å². The first-order valence-corrected chi connectivity index (χ1v) is 15.1. The second-order valence-electron chi connectivity index (χ2n) is 12.1. The van der Waals surface area contributed by atoms with E-state index in [1.165, 1.54) is 43.8 Å². The normalized spacial score (nSPS) is 13.4. The lowest BCUT2D eigenvalue weighted by Crippen LogP contribution is -2.15. The van der Waals surface area contributed by atoms with Crippen LogP contribution in [0.25, 0.3) is 72.4 Å². The molecule has 4 heteroatoms. The van der Waals surface area contributed by atoms with Crippen LogP contribution in [0.5, 0.6) is 0 Å². The molecule has 44 heavy (non-hydrogen) atoms. The van der Waals surface area contributed by atoms with Gasteiger partial charge in [-0.1, -0.05) is 129 Å². The molecule has 0 bridgehead atoms. The van der Waals surface area contributed by atoms with Crippen LogP contribution in [0, 0.1) is 0 Å². The molecule has 0 spiro atoms. The number of nitrogens with zero attached hydrogens (tertiary/aromatic N) is 4. The summed E-state index contributed by atoms with van der Waals surface area (Å²) in [5.41, 5.74) is 9.34. The summed E-state index contributed by atoms with van der Waals surface area (Å²) in [5, 5.41) is 4.87. The van der Waals surface area contributed by atoms with Gasteiger partial charge >= 0.3 is 0 Å². The molecule has 208 valence electrons. The lowest BCUT2D eigenvalue weighted by molar-refractivity contribution is 0.666. The van der Waals surface area contributed by atoms with E-state index in [2.05, 4.69) is 115 Å². The monoisotopic (exact) mass is 564 g/mol. The van der Waals surface area contributed by atoms with Crippen LogP contribution >= 0.6 is 0 Å². The van der Waals surface area contributed by atoms with Crippen LogP contribution in [0.2, 0.25) is 0 Å². The topological polar surface area (TPSA) is 43.6 Å². The molecule has 0 aliphatic heterocycles. The molecule has 0 unspecified atom stereocenters. The number of para-hydroxylation sites is 1. The molecule has 0 N–H and O–H groups in total. The number of fused-ring (bicyclic) bond motifs is 8. The van der Waals surface area contributed by atoms with Crippen molar-refractivity contribution in [2.75, 3.05) is 0 Å². The molecular weight excluding hydrogens is 536 g/mol. The Morgan fingerprint density at radius 1 is 0.500 bits per heavy atom. The van der Waals surface area contributed by atoms with E-state index >= 15 is 0 Å². The Hall–Kier alpha value is -5.61. The van der Waals surface area contributed by atoms with Gasteiger partial charge in [0.1, 0.15) is 0 Å². The molecule has 4 nitrogen and oxygen atoms in total. The van der Waals surface area contributed by atoms with Crippen molar-refractivity contribution < 1.29 is 0 Å². The molecule has 0 amide bonds. The van der Waals surface area contributed by atoms with Crippen LogP contribution in [0.4, 0.5) is 0 Å². The quantitative estimate of drug-likeness (QED) is 0.215. The fraction of sp³-hybridized carbons (Fsp3) is 0.0750. The van der Waals surface area contributed by atoms with E-state index in [0.29, 0.717) is 17.6 Å². The van der Waals surface area contributed by atoms with Gasteiger partial charge in [0.25, 0.3) is 0 Å². The molecule has 2 heterocycles. The highest BCUT2D eigenvalue weighted by Crippen LogP contribution is 2.52. The standard InChI is InChI=1S/C40H28N4/c1-40(2)33-19-11-9-17-28(33)30-22-21-27-23-32-29-18-10-12-20-34(29)44(35(32)24-31(27)36(30)40)39-42-37(25-13-5-3-6-14-25)41-38(43-39)26-15-7-4-8-16-26/h3-24H,1-2H3. The second-order valence-corrected chi connectivity index (χ2v) is 12.1. The van der Waals surface area contributed by atoms with Crippen molar-refractivity contribution in [3.05, 3.63) is 145 Å². The summed E-state index contributed by atoms with van der Waals surface area (Å²) < 4.78 is 2.22. The largest absolute Gasteiger partial charge is 0.278 e. The first-order valence-electron chi connectivity index (χ1n) is 15.1. The summed E-state index contributed by atoms with van der Waals surface area (Å²) in [6, 6.07) is 47.0. The zero-order chi connectivity index (χ0) is 29.4. The van der Waals surface area contributed by atoms with Crippen LogP contribution < -0.4 is 0 Å². The molecule has 0 atom stereocenters. The van der Waals surface area contributed by atoms with E-state index in [-0.39, 0.29) is 5.41 Å². The third kappa shape index (κ3) is 3.54. The minimum Gasteiger partial charge on any atom is -0.278 e. The van der Waals surface area contributed by atoms with E-state index in [1.807, 2.05) is 36.4 Å². The summed E-state index contributed by atoms with van der Waals surface area (Å²) in [6.07, 6.45) is 0. The van der Waals surface area contributed by atoms with Crippen LogP contribution in [0.1, 0.15) is 25.0 Å². The Kier molecular flexibility index (Phi) is 5.21. The highest BCUT2D eigenvalue weighted by atomic mass is 15.2. The molecule has 0 fully saturated rings.